The third-order valence-corrected chi connectivity index (χ3v) is 4.19. The maximum atomic E-state index is 13.1. The van der Waals surface area contributed by atoms with Gasteiger partial charge in [0.05, 0.1) is 11.1 Å². The maximum Gasteiger partial charge on any atom is 0.417 e. The number of carbonyl (C=O) groups is 2. The summed E-state index contributed by atoms with van der Waals surface area (Å²) in [6.07, 6.45) is -4.08. The van der Waals surface area contributed by atoms with Gasteiger partial charge in [-0.15, -0.1) is 12.4 Å². The number of carboxylic acid groups (broad SMARTS) is 1. The average molecular weight is 381 g/mol. The molecule has 1 aliphatic rings. The van der Waals surface area contributed by atoms with E-state index in [1.807, 2.05) is 0 Å². The van der Waals surface area contributed by atoms with E-state index in [1.54, 1.807) is 11.8 Å². The highest BCUT2D eigenvalue weighted by atomic mass is 35.5. The van der Waals surface area contributed by atoms with Crippen molar-refractivity contribution >= 4 is 24.3 Å². The van der Waals surface area contributed by atoms with Crippen LogP contribution in [0.15, 0.2) is 24.3 Å². The molecule has 1 amide bonds. The number of benzene rings is 1. The summed E-state index contributed by atoms with van der Waals surface area (Å²) >= 11 is 0. The van der Waals surface area contributed by atoms with Crippen LogP contribution in [-0.4, -0.2) is 59.0 Å². The summed E-state index contributed by atoms with van der Waals surface area (Å²) < 4.78 is 39.2. The van der Waals surface area contributed by atoms with E-state index in [2.05, 4.69) is 0 Å². The Morgan fingerprint density at radius 1 is 1.12 bits per heavy atom. The van der Waals surface area contributed by atoms with Crippen LogP contribution in [0.2, 0.25) is 0 Å². The summed E-state index contributed by atoms with van der Waals surface area (Å²) in [5.74, 6) is -1.63. The van der Waals surface area contributed by atoms with Crippen molar-refractivity contribution in [3.63, 3.8) is 0 Å². The number of rotatable bonds is 3. The van der Waals surface area contributed by atoms with Crippen molar-refractivity contribution in [2.24, 2.45) is 0 Å². The summed E-state index contributed by atoms with van der Waals surface area (Å²) in [5, 5.41) is 9.06. The Labute approximate surface area is 149 Å². The fraction of sp³-hybridized carbons (Fsp3) is 0.500. The summed E-state index contributed by atoms with van der Waals surface area (Å²) in [4.78, 5) is 26.7. The lowest BCUT2D eigenvalue weighted by molar-refractivity contribution is -0.142. The first-order valence-corrected chi connectivity index (χ1v) is 7.64. The molecule has 2 rings (SSSR count). The molecular weight excluding hydrogens is 361 g/mol. The van der Waals surface area contributed by atoms with E-state index in [9.17, 15) is 22.8 Å². The van der Waals surface area contributed by atoms with E-state index in [4.69, 9.17) is 5.11 Å². The Morgan fingerprint density at radius 3 is 2.36 bits per heavy atom. The van der Waals surface area contributed by atoms with Crippen LogP contribution in [0, 0.1) is 0 Å². The number of hydrogen-bond acceptors (Lipinski definition) is 3. The van der Waals surface area contributed by atoms with Crippen molar-refractivity contribution in [3.05, 3.63) is 35.4 Å². The van der Waals surface area contributed by atoms with Crippen molar-refractivity contribution in [1.29, 1.82) is 0 Å². The van der Waals surface area contributed by atoms with Gasteiger partial charge in [-0.3, -0.25) is 14.5 Å². The average Bonchev–Trinajstić information content (AvgIpc) is 2.78. The van der Waals surface area contributed by atoms with Gasteiger partial charge in [-0.2, -0.15) is 13.2 Å². The highest BCUT2D eigenvalue weighted by Crippen LogP contribution is 2.32. The molecule has 1 atom stereocenters. The zero-order valence-corrected chi connectivity index (χ0v) is 14.4. The largest absolute Gasteiger partial charge is 0.480 e. The molecule has 25 heavy (non-hydrogen) atoms. The molecule has 0 bridgehead atoms. The molecule has 1 aromatic carbocycles. The number of nitrogens with zero attached hydrogens (tertiary/aromatic N) is 2. The van der Waals surface area contributed by atoms with Gasteiger partial charge < -0.3 is 10.0 Å². The Morgan fingerprint density at radius 2 is 1.76 bits per heavy atom. The molecule has 1 saturated heterocycles. The van der Waals surface area contributed by atoms with Gasteiger partial charge >= 0.3 is 12.1 Å². The number of aliphatic carboxylic acids is 1. The van der Waals surface area contributed by atoms with E-state index in [-0.39, 0.29) is 24.5 Å². The van der Waals surface area contributed by atoms with Gasteiger partial charge in [-0.05, 0) is 25.5 Å². The first-order valence-electron chi connectivity index (χ1n) is 7.64. The first-order chi connectivity index (χ1) is 11.2. The van der Waals surface area contributed by atoms with Crippen LogP contribution in [0.3, 0.4) is 0 Å². The van der Waals surface area contributed by atoms with Crippen LogP contribution in [-0.2, 0) is 11.0 Å². The standard InChI is InChI=1S/C16H19F3N2O3.ClH/c1-11(15(23)24)20-7-4-8-21(10-9-20)14(22)12-5-2-3-6-13(12)16(17,18)19;/h2-3,5-6,11H,4,7-10H2,1H3,(H,23,24);1H. The van der Waals surface area contributed by atoms with Crippen molar-refractivity contribution in [2.75, 3.05) is 26.2 Å². The highest BCUT2D eigenvalue weighted by molar-refractivity contribution is 5.96. The lowest BCUT2D eigenvalue weighted by atomic mass is 10.1. The van der Waals surface area contributed by atoms with Gasteiger partial charge in [0, 0.05) is 26.2 Å². The Kier molecular flexibility index (Phi) is 7.25. The molecule has 9 heteroatoms. The summed E-state index contributed by atoms with van der Waals surface area (Å²) in [5.41, 5.74) is -1.32. The van der Waals surface area contributed by atoms with Crippen LogP contribution >= 0.6 is 12.4 Å². The van der Waals surface area contributed by atoms with E-state index in [0.717, 1.165) is 6.07 Å². The number of hydrogen-bond donors (Lipinski definition) is 1. The molecular formula is C16H20ClF3N2O3. The second kappa shape index (κ2) is 8.53. The predicted octanol–water partition coefficient (Wildman–Crippen LogP) is 2.75. The van der Waals surface area contributed by atoms with Crippen LogP contribution in [0.25, 0.3) is 0 Å². The minimum Gasteiger partial charge on any atom is -0.480 e. The fourth-order valence-corrected chi connectivity index (χ4v) is 2.77. The SMILES string of the molecule is CC(C(=O)O)N1CCCN(C(=O)c2ccccc2C(F)(F)F)CC1.Cl. The molecule has 1 heterocycles. The fourth-order valence-electron chi connectivity index (χ4n) is 2.77. The minimum absolute atomic E-state index is 0. The zero-order valence-electron chi connectivity index (χ0n) is 13.6. The quantitative estimate of drug-likeness (QED) is 0.876. The summed E-state index contributed by atoms with van der Waals surface area (Å²) in [6, 6.07) is 4.03. The number of halogens is 4. The van der Waals surface area contributed by atoms with Gasteiger partial charge in [0.25, 0.3) is 5.91 Å². The molecule has 1 unspecified atom stereocenters. The number of carboxylic acids is 1. The Balaban J connectivity index is 0.00000312. The summed E-state index contributed by atoms with van der Waals surface area (Å²) in [7, 11) is 0. The third kappa shape index (κ3) is 5.09. The second-order valence-corrected chi connectivity index (χ2v) is 5.74. The molecule has 1 fully saturated rings. The molecule has 0 radical (unpaired) electrons. The molecule has 0 aromatic heterocycles. The van der Waals surface area contributed by atoms with Crippen molar-refractivity contribution in [3.8, 4) is 0 Å². The highest BCUT2D eigenvalue weighted by Gasteiger charge is 2.36. The normalized spacial score (nSPS) is 17.4. The molecule has 1 aromatic rings. The van der Waals surface area contributed by atoms with Gasteiger partial charge in [0.1, 0.15) is 6.04 Å². The monoisotopic (exact) mass is 380 g/mol. The predicted molar refractivity (Wildman–Crippen MR) is 87.9 cm³/mol. The lowest BCUT2D eigenvalue weighted by Gasteiger charge is -2.25. The number of amides is 1. The van der Waals surface area contributed by atoms with Crippen molar-refractivity contribution in [1.82, 2.24) is 9.80 Å². The topological polar surface area (TPSA) is 60.9 Å². The Hall–Kier alpha value is -1.80. The van der Waals surface area contributed by atoms with Gasteiger partial charge in [-0.25, -0.2) is 0 Å². The van der Waals surface area contributed by atoms with Crippen molar-refractivity contribution < 1.29 is 27.9 Å². The van der Waals surface area contributed by atoms with E-state index in [0.29, 0.717) is 26.1 Å². The molecule has 1 aliphatic heterocycles. The molecule has 0 saturated carbocycles. The van der Waals surface area contributed by atoms with Gasteiger partial charge in [0.15, 0.2) is 0 Å². The van der Waals surface area contributed by atoms with Crippen LogP contribution in [0.1, 0.15) is 29.3 Å². The third-order valence-electron chi connectivity index (χ3n) is 4.19. The number of alkyl halides is 3. The second-order valence-electron chi connectivity index (χ2n) is 5.74. The first kappa shape index (κ1) is 21.2. The minimum atomic E-state index is -4.60. The molecule has 0 spiro atoms. The maximum absolute atomic E-state index is 13.1. The van der Waals surface area contributed by atoms with Gasteiger partial charge in [0.2, 0.25) is 0 Å². The smallest absolute Gasteiger partial charge is 0.417 e. The van der Waals surface area contributed by atoms with E-state index in [1.165, 1.54) is 23.1 Å². The van der Waals surface area contributed by atoms with Gasteiger partial charge in [-0.1, -0.05) is 12.1 Å². The summed E-state index contributed by atoms with van der Waals surface area (Å²) in [6.45, 7) is 2.85. The molecule has 140 valence electrons. The molecule has 5 nitrogen and oxygen atoms in total. The zero-order chi connectivity index (χ0) is 17.9. The van der Waals surface area contributed by atoms with E-state index < -0.39 is 29.7 Å². The van der Waals surface area contributed by atoms with E-state index >= 15 is 0 Å². The Bertz CT molecular complexity index is 625. The molecule has 0 aliphatic carbocycles. The van der Waals surface area contributed by atoms with Crippen molar-refractivity contribution in [2.45, 2.75) is 25.6 Å². The van der Waals surface area contributed by atoms with Crippen LogP contribution in [0.4, 0.5) is 13.2 Å². The van der Waals surface area contributed by atoms with Crippen LogP contribution < -0.4 is 0 Å². The molecule has 1 N–H and O–H groups in total. The van der Waals surface area contributed by atoms with Crippen LogP contribution in [0.5, 0.6) is 0 Å². The lowest BCUT2D eigenvalue weighted by Crippen LogP contribution is -2.42. The number of carbonyl (C=O) groups excluding carboxylic acids is 1.